The first-order valence-electron chi connectivity index (χ1n) is 1.01. The van der Waals surface area contributed by atoms with Gasteiger partial charge in [-0.25, -0.2) is 0 Å². The van der Waals surface area contributed by atoms with Crippen LogP contribution in [0.15, 0.2) is 0 Å². The molecule has 0 aliphatic carbocycles. The number of halogens is 4. The maximum absolute atomic E-state index is 10.7. The SMILES string of the molecule is FC(F)(F)[Si]Cl. The standard InChI is InChI=1S/CClF3Si/c2-6-1(3,4)5. The molecule has 0 rings (SSSR count). The first-order valence-corrected chi connectivity index (χ1v) is 3.02. The van der Waals surface area contributed by atoms with Crippen molar-refractivity contribution < 1.29 is 13.2 Å². The van der Waals surface area contributed by atoms with Crippen LogP contribution in [-0.4, -0.2) is 14.6 Å². The van der Waals surface area contributed by atoms with Gasteiger partial charge in [0.05, 0.1) is 0 Å². The lowest BCUT2D eigenvalue weighted by atomic mass is 11.5. The molecule has 36 valence electrons. The third-order valence-corrected chi connectivity index (χ3v) is 0.964. The fourth-order valence-electron chi connectivity index (χ4n) is 0. The number of alkyl halides is 3. The van der Waals surface area contributed by atoms with Crippen LogP contribution in [0.1, 0.15) is 0 Å². The second kappa shape index (κ2) is 1.84. The highest BCUT2D eigenvalue weighted by Crippen LogP contribution is 2.12. The number of hydrogen-bond acceptors (Lipinski definition) is 0. The molecule has 0 nitrogen and oxygen atoms in total. The van der Waals surface area contributed by atoms with Gasteiger partial charge in [0.1, 0.15) is 0 Å². The Kier molecular flexibility index (Phi) is 1.93. The van der Waals surface area contributed by atoms with Crippen molar-refractivity contribution in [2.45, 2.75) is 5.80 Å². The highest BCUT2D eigenvalue weighted by molar-refractivity contribution is 6.94. The molecule has 0 saturated carbocycles. The summed E-state index contributed by atoms with van der Waals surface area (Å²) in [6.07, 6.45) is 0. The van der Waals surface area contributed by atoms with Crippen LogP contribution in [0.4, 0.5) is 13.2 Å². The smallest absolute Gasteiger partial charge is 0.176 e. The molecule has 0 bridgehead atoms. The van der Waals surface area contributed by atoms with Gasteiger partial charge < -0.3 is 0 Å². The van der Waals surface area contributed by atoms with Gasteiger partial charge in [-0.3, -0.25) is 0 Å². The summed E-state index contributed by atoms with van der Waals surface area (Å²) in [7, 11) is -1.46. The Labute approximate surface area is 39.8 Å². The fraction of sp³-hybridized carbons (Fsp3) is 1.00. The lowest BCUT2D eigenvalue weighted by Crippen LogP contribution is -2.11. The summed E-state index contributed by atoms with van der Waals surface area (Å²) in [5.74, 6) is -4.17. The van der Waals surface area contributed by atoms with E-state index >= 15 is 0 Å². The lowest BCUT2D eigenvalue weighted by molar-refractivity contribution is -0.0445. The minimum absolute atomic E-state index is 1.46. The van der Waals surface area contributed by atoms with E-state index in [1.165, 1.54) is 0 Å². The minimum Gasteiger partial charge on any atom is -0.176 e. The van der Waals surface area contributed by atoms with E-state index in [9.17, 15) is 13.2 Å². The number of rotatable bonds is 0. The predicted octanol–water partition coefficient (Wildman–Crippen LogP) is 1.36. The van der Waals surface area contributed by atoms with Crippen LogP contribution in [0, 0.1) is 0 Å². The molecule has 0 aromatic carbocycles. The second-order valence-corrected chi connectivity index (χ2v) is 1.92. The van der Waals surface area contributed by atoms with Gasteiger partial charge in [0.25, 0.3) is 0 Å². The molecule has 2 radical (unpaired) electrons. The molecule has 0 aromatic rings. The first-order chi connectivity index (χ1) is 2.56. The van der Waals surface area contributed by atoms with Gasteiger partial charge in [-0.1, -0.05) is 0 Å². The maximum Gasteiger partial charge on any atom is 0.375 e. The zero-order valence-electron chi connectivity index (χ0n) is 2.51. The molecule has 0 heterocycles. The van der Waals surface area contributed by atoms with E-state index in [4.69, 9.17) is 0 Å². The summed E-state index contributed by atoms with van der Waals surface area (Å²) >= 11 is 4.38. The Morgan fingerprint density at radius 1 is 1.33 bits per heavy atom. The van der Waals surface area contributed by atoms with Crippen molar-refractivity contribution in [3.8, 4) is 0 Å². The summed E-state index contributed by atoms with van der Waals surface area (Å²) in [6, 6.07) is 0. The second-order valence-electron chi connectivity index (χ2n) is 0.592. The van der Waals surface area contributed by atoms with Crippen molar-refractivity contribution in [1.82, 2.24) is 0 Å². The van der Waals surface area contributed by atoms with Gasteiger partial charge in [0.15, 0.2) is 0 Å². The van der Waals surface area contributed by atoms with Crippen molar-refractivity contribution >= 4 is 19.9 Å². The van der Waals surface area contributed by atoms with E-state index in [1.54, 1.807) is 0 Å². The van der Waals surface area contributed by atoms with Crippen molar-refractivity contribution in [2.75, 3.05) is 0 Å². The average Bonchev–Trinajstić information content (AvgIpc) is 1.35. The van der Waals surface area contributed by atoms with Crippen molar-refractivity contribution in [1.29, 1.82) is 0 Å². The quantitative estimate of drug-likeness (QED) is 0.345. The van der Waals surface area contributed by atoms with Crippen LogP contribution >= 0.6 is 11.1 Å². The van der Waals surface area contributed by atoms with Gasteiger partial charge in [-0.2, -0.15) is 24.3 Å². The summed E-state index contributed by atoms with van der Waals surface area (Å²) < 4.78 is 32.0. The fourth-order valence-corrected chi connectivity index (χ4v) is 0. The minimum atomic E-state index is -4.17. The van der Waals surface area contributed by atoms with Crippen LogP contribution in [0.2, 0.25) is 0 Å². The van der Waals surface area contributed by atoms with Crippen molar-refractivity contribution in [3.05, 3.63) is 0 Å². The molecule has 0 saturated heterocycles. The van der Waals surface area contributed by atoms with E-state index < -0.39 is 14.6 Å². The summed E-state index contributed by atoms with van der Waals surface area (Å²) in [5, 5.41) is 0. The van der Waals surface area contributed by atoms with E-state index in [1.807, 2.05) is 0 Å². The highest BCUT2D eigenvalue weighted by atomic mass is 35.6. The molecule has 0 aromatic heterocycles. The molecule has 0 aliphatic heterocycles. The van der Waals surface area contributed by atoms with Crippen molar-refractivity contribution in [2.24, 2.45) is 0 Å². The first kappa shape index (κ1) is 6.30. The molecule has 0 unspecified atom stereocenters. The molecule has 0 amide bonds. The van der Waals surface area contributed by atoms with Gasteiger partial charge in [0.2, 0.25) is 0 Å². The molecule has 0 atom stereocenters. The molecular formula is CClF3Si. The van der Waals surface area contributed by atoms with E-state index in [-0.39, 0.29) is 0 Å². The van der Waals surface area contributed by atoms with Gasteiger partial charge in [-0.05, 0) is 0 Å². The summed E-state index contributed by atoms with van der Waals surface area (Å²) in [4.78, 5) is 0. The Morgan fingerprint density at radius 2 is 1.50 bits per heavy atom. The van der Waals surface area contributed by atoms with Crippen molar-refractivity contribution in [3.63, 3.8) is 0 Å². The van der Waals surface area contributed by atoms with Crippen LogP contribution in [0.3, 0.4) is 0 Å². The molecule has 0 aliphatic rings. The zero-order chi connectivity index (χ0) is 5.21. The van der Waals surface area contributed by atoms with Gasteiger partial charge in [-0.15, -0.1) is 0 Å². The third kappa shape index (κ3) is 4.30. The normalized spacial score (nSPS) is 12.0. The largest absolute Gasteiger partial charge is 0.375 e. The molecule has 6 heavy (non-hydrogen) atoms. The Morgan fingerprint density at radius 3 is 1.50 bits per heavy atom. The molecule has 0 N–H and O–H groups in total. The number of hydrogen-bond donors (Lipinski definition) is 0. The Hall–Kier alpha value is 0.297. The highest BCUT2D eigenvalue weighted by Gasteiger charge is 2.26. The lowest BCUT2D eigenvalue weighted by Gasteiger charge is -1.93. The molecule has 5 heteroatoms. The topological polar surface area (TPSA) is 0 Å². The Balaban J connectivity index is 3.17. The van der Waals surface area contributed by atoms with Crippen LogP contribution in [0.25, 0.3) is 0 Å². The van der Waals surface area contributed by atoms with Gasteiger partial charge in [0, 0.05) is 0 Å². The summed E-state index contributed by atoms with van der Waals surface area (Å²) in [6.45, 7) is 0. The maximum atomic E-state index is 10.7. The third-order valence-electron chi connectivity index (χ3n) is 0.107. The van der Waals surface area contributed by atoms with E-state index in [2.05, 4.69) is 11.1 Å². The van der Waals surface area contributed by atoms with E-state index in [0.717, 1.165) is 0 Å². The zero-order valence-corrected chi connectivity index (χ0v) is 4.27. The molecule has 0 fully saturated rings. The average molecular weight is 133 g/mol. The van der Waals surface area contributed by atoms with E-state index in [0.29, 0.717) is 0 Å². The predicted molar refractivity (Wildman–Crippen MR) is 17.7 cm³/mol. The van der Waals surface area contributed by atoms with Crippen LogP contribution < -0.4 is 0 Å². The summed E-state index contributed by atoms with van der Waals surface area (Å²) in [5.41, 5.74) is 0. The molecule has 0 spiro atoms. The van der Waals surface area contributed by atoms with Gasteiger partial charge >= 0.3 is 14.6 Å². The van der Waals surface area contributed by atoms with Crippen LogP contribution in [0.5, 0.6) is 0 Å². The Bertz CT molecular complexity index is 40.5. The van der Waals surface area contributed by atoms with Crippen LogP contribution in [-0.2, 0) is 0 Å². The molecular weight excluding hydrogens is 133 g/mol. The monoisotopic (exact) mass is 132 g/mol.